The summed E-state index contributed by atoms with van der Waals surface area (Å²) in [4.78, 5) is 5.39. The van der Waals surface area contributed by atoms with Gasteiger partial charge in [-0.05, 0) is 26.0 Å². The van der Waals surface area contributed by atoms with Gasteiger partial charge in [-0.25, -0.2) is 4.98 Å². The molecule has 14 heavy (non-hydrogen) atoms. The Labute approximate surface area is 85.8 Å². The lowest BCUT2D eigenvalue weighted by atomic mass is 10.3. The standard InChI is InChI=1S/C9H10N4S/c1-5-9(14-6(2)11-5)7-3-4-8(10)13-12-7/h3-4H,1-2H3,(H2,10,13). The van der Waals surface area contributed by atoms with Crippen LogP contribution in [-0.4, -0.2) is 15.2 Å². The molecule has 0 saturated heterocycles. The Morgan fingerprint density at radius 2 is 2.00 bits per heavy atom. The number of nitrogens with two attached hydrogens (primary N) is 1. The van der Waals surface area contributed by atoms with Crippen LogP contribution in [-0.2, 0) is 0 Å². The molecule has 0 bridgehead atoms. The second kappa shape index (κ2) is 3.34. The molecule has 0 spiro atoms. The molecule has 0 unspecified atom stereocenters. The zero-order valence-corrected chi connectivity index (χ0v) is 8.80. The molecule has 4 nitrogen and oxygen atoms in total. The fraction of sp³-hybridized carbons (Fsp3) is 0.222. The van der Waals surface area contributed by atoms with Crippen LogP contribution in [0, 0.1) is 13.8 Å². The predicted octanol–water partition coefficient (Wildman–Crippen LogP) is 1.80. The first-order valence-electron chi connectivity index (χ1n) is 4.20. The van der Waals surface area contributed by atoms with E-state index in [1.807, 2.05) is 19.9 Å². The van der Waals surface area contributed by atoms with Gasteiger partial charge < -0.3 is 5.73 Å². The first-order chi connectivity index (χ1) is 6.66. The fourth-order valence-electron chi connectivity index (χ4n) is 1.23. The average molecular weight is 206 g/mol. The van der Waals surface area contributed by atoms with Crippen LogP contribution in [0.5, 0.6) is 0 Å². The zero-order valence-electron chi connectivity index (χ0n) is 7.98. The molecule has 0 aromatic carbocycles. The molecule has 0 radical (unpaired) electrons. The van der Waals surface area contributed by atoms with Crippen molar-refractivity contribution in [1.29, 1.82) is 0 Å². The third-order valence-corrected chi connectivity index (χ3v) is 2.92. The number of anilines is 1. The lowest BCUT2D eigenvalue weighted by Crippen LogP contribution is -1.93. The highest BCUT2D eigenvalue weighted by Gasteiger charge is 2.08. The van der Waals surface area contributed by atoms with Crippen molar-refractivity contribution >= 4 is 17.2 Å². The van der Waals surface area contributed by atoms with Crippen molar-refractivity contribution in [2.75, 3.05) is 5.73 Å². The minimum Gasteiger partial charge on any atom is -0.382 e. The first-order valence-corrected chi connectivity index (χ1v) is 5.02. The quantitative estimate of drug-likeness (QED) is 0.772. The molecule has 0 amide bonds. The highest BCUT2D eigenvalue weighted by atomic mass is 32.1. The maximum absolute atomic E-state index is 5.46. The minimum atomic E-state index is 0.438. The van der Waals surface area contributed by atoms with E-state index in [0.29, 0.717) is 5.82 Å². The molecule has 0 fully saturated rings. The molecule has 72 valence electrons. The van der Waals surface area contributed by atoms with E-state index in [4.69, 9.17) is 5.73 Å². The van der Waals surface area contributed by atoms with E-state index in [1.54, 1.807) is 17.4 Å². The topological polar surface area (TPSA) is 64.7 Å². The predicted molar refractivity (Wildman–Crippen MR) is 57.0 cm³/mol. The maximum atomic E-state index is 5.46. The summed E-state index contributed by atoms with van der Waals surface area (Å²) in [6, 6.07) is 3.61. The third kappa shape index (κ3) is 1.58. The number of thiazole rings is 1. The third-order valence-electron chi connectivity index (χ3n) is 1.82. The van der Waals surface area contributed by atoms with Crippen molar-refractivity contribution in [3.8, 4) is 10.6 Å². The van der Waals surface area contributed by atoms with Crippen LogP contribution in [0.2, 0.25) is 0 Å². The summed E-state index contributed by atoms with van der Waals surface area (Å²) in [5, 5.41) is 8.87. The molecular formula is C9H10N4S. The Morgan fingerprint density at radius 1 is 1.21 bits per heavy atom. The Kier molecular flexibility index (Phi) is 2.17. The molecule has 2 rings (SSSR count). The van der Waals surface area contributed by atoms with E-state index in [1.165, 1.54) is 0 Å². The Balaban J connectivity index is 2.49. The van der Waals surface area contributed by atoms with Crippen molar-refractivity contribution in [3.05, 3.63) is 22.8 Å². The number of nitrogens with zero attached hydrogens (tertiary/aromatic N) is 3. The molecule has 0 atom stereocenters. The van der Waals surface area contributed by atoms with Gasteiger partial charge in [-0.2, -0.15) is 0 Å². The Morgan fingerprint density at radius 3 is 2.50 bits per heavy atom. The van der Waals surface area contributed by atoms with Crippen LogP contribution < -0.4 is 5.73 Å². The van der Waals surface area contributed by atoms with E-state index in [-0.39, 0.29) is 0 Å². The summed E-state index contributed by atoms with van der Waals surface area (Å²) in [6.45, 7) is 3.95. The SMILES string of the molecule is Cc1nc(C)c(-c2ccc(N)nn2)s1. The minimum absolute atomic E-state index is 0.438. The van der Waals surface area contributed by atoms with Gasteiger partial charge in [-0.15, -0.1) is 21.5 Å². The van der Waals surface area contributed by atoms with E-state index >= 15 is 0 Å². The lowest BCUT2D eigenvalue weighted by Gasteiger charge is -1.96. The molecule has 2 heterocycles. The van der Waals surface area contributed by atoms with Gasteiger partial charge in [0, 0.05) is 0 Å². The van der Waals surface area contributed by atoms with E-state index in [9.17, 15) is 0 Å². The van der Waals surface area contributed by atoms with Gasteiger partial charge in [-0.1, -0.05) is 0 Å². The Bertz CT molecular complexity index is 446. The number of hydrogen-bond acceptors (Lipinski definition) is 5. The molecule has 0 aliphatic rings. The summed E-state index contributed by atoms with van der Waals surface area (Å²) in [5.74, 6) is 0.438. The second-order valence-electron chi connectivity index (χ2n) is 2.99. The van der Waals surface area contributed by atoms with Crippen molar-refractivity contribution in [2.24, 2.45) is 0 Å². The van der Waals surface area contributed by atoms with Crippen LogP contribution in [0.25, 0.3) is 10.6 Å². The molecule has 0 saturated carbocycles. The average Bonchev–Trinajstić information content (AvgIpc) is 2.47. The van der Waals surface area contributed by atoms with E-state index < -0.39 is 0 Å². The highest BCUT2D eigenvalue weighted by Crippen LogP contribution is 2.27. The molecular weight excluding hydrogens is 196 g/mol. The van der Waals surface area contributed by atoms with Gasteiger partial charge in [0.25, 0.3) is 0 Å². The molecule has 0 aliphatic heterocycles. The first kappa shape index (κ1) is 9.08. The largest absolute Gasteiger partial charge is 0.382 e. The van der Waals surface area contributed by atoms with Gasteiger partial charge in [0.2, 0.25) is 0 Å². The normalized spacial score (nSPS) is 10.4. The summed E-state index contributed by atoms with van der Waals surface area (Å²) in [5.41, 5.74) is 7.29. The van der Waals surface area contributed by atoms with Crippen LogP contribution in [0.15, 0.2) is 12.1 Å². The molecule has 2 aromatic heterocycles. The smallest absolute Gasteiger partial charge is 0.146 e. The summed E-state index contributed by atoms with van der Waals surface area (Å²) >= 11 is 1.62. The maximum Gasteiger partial charge on any atom is 0.146 e. The summed E-state index contributed by atoms with van der Waals surface area (Å²) in [6.07, 6.45) is 0. The zero-order chi connectivity index (χ0) is 10.1. The van der Waals surface area contributed by atoms with Gasteiger partial charge in [0.15, 0.2) is 0 Å². The van der Waals surface area contributed by atoms with E-state index in [2.05, 4.69) is 15.2 Å². The van der Waals surface area contributed by atoms with Crippen molar-refractivity contribution in [3.63, 3.8) is 0 Å². The van der Waals surface area contributed by atoms with Crippen LogP contribution in [0.3, 0.4) is 0 Å². The number of rotatable bonds is 1. The van der Waals surface area contributed by atoms with Crippen LogP contribution in [0.1, 0.15) is 10.7 Å². The lowest BCUT2D eigenvalue weighted by molar-refractivity contribution is 1.05. The van der Waals surface area contributed by atoms with E-state index in [0.717, 1.165) is 21.3 Å². The molecule has 2 aromatic rings. The Hall–Kier alpha value is -1.49. The van der Waals surface area contributed by atoms with Crippen molar-refractivity contribution in [1.82, 2.24) is 15.2 Å². The van der Waals surface area contributed by atoms with Gasteiger partial charge in [0.1, 0.15) is 11.5 Å². The molecule has 2 N–H and O–H groups in total. The van der Waals surface area contributed by atoms with Gasteiger partial charge in [-0.3, -0.25) is 0 Å². The summed E-state index contributed by atoms with van der Waals surface area (Å²) < 4.78 is 0. The summed E-state index contributed by atoms with van der Waals surface area (Å²) in [7, 11) is 0. The van der Waals surface area contributed by atoms with Crippen LogP contribution >= 0.6 is 11.3 Å². The highest BCUT2D eigenvalue weighted by molar-refractivity contribution is 7.15. The number of hydrogen-bond donors (Lipinski definition) is 1. The monoisotopic (exact) mass is 206 g/mol. The van der Waals surface area contributed by atoms with Gasteiger partial charge in [0.05, 0.1) is 15.6 Å². The van der Waals surface area contributed by atoms with Crippen molar-refractivity contribution in [2.45, 2.75) is 13.8 Å². The molecule has 5 heteroatoms. The number of nitrogen functional groups attached to an aromatic ring is 1. The number of aromatic nitrogens is 3. The second-order valence-corrected chi connectivity index (χ2v) is 4.19. The van der Waals surface area contributed by atoms with Crippen LogP contribution in [0.4, 0.5) is 5.82 Å². The van der Waals surface area contributed by atoms with Gasteiger partial charge >= 0.3 is 0 Å². The van der Waals surface area contributed by atoms with Crippen molar-refractivity contribution < 1.29 is 0 Å². The fourth-order valence-corrected chi connectivity index (χ4v) is 2.12. The number of aryl methyl sites for hydroxylation is 2. The molecule has 0 aliphatic carbocycles.